The number of ether oxygens (including phenoxy) is 1. The summed E-state index contributed by atoms with van der Waals surface area (Å²) in [7, 11) is 1.58. The molecule has 1 aliphatic rings. The van der Waals surface area contributed by atoms with Crippen molar-refractivity contribution in [1.82, 2.24) is 19.5 Å². The molecule has 0 saturated heterocycles. The summed E-state index contributed by atoms with van der Waals surface area (Å²) in [6.07, 6.45) is 6.87. The average molecular weight is 445 g/mol. The summed E-state index contributed by atoms with van der Waals surface area (Å²) in [4.78, 5) is 25.4. The Morgan fingerprint density at radius 1 is 1.15 bits per heavy atom. The number of para-hydroxylation sites is 1. The molecule has 168 valence electrons. The summed E-state index contributed by atoms with van der Waals surface area (Å²) >= 11 is 0. The molecule has 0 amide bonds. The van der Waals surface area contributed by atoms with Crippen molar-refractivity contribution >= 4 is 16.6 Å². The first kappa shape index (κ1) is 21.1. The third kappa shape index (κ3) is 4.16. The lowest BCUT2D eigenvalue weighted by Gasteiger charge is -2.21. The Bertz CT molecular complexity index is 1390. The van der Waals surface area contributed by atoms with Gasteiger partial charge in [0.25, 0.3) is 11.6 Å². The van der Waals surface area contributed by atoms with Crippen molar-refractivity contribution in [2.75, 3.05) is 18.5 Å². The number of hydrogen-bond donors (Lipinski definition) is 1. The van der Waals surface area contributed by atoms with E-state index in [0.29, 0.717) is 6.54 Å². The molecule has 0 bridgehead atoms. The number of rotatable bonds is 6. The zero-order chi connectivity index (χ0) is 22.8. The van der Waals surface area contributed by atoms with Crippen molar-refractivity contribution in [3.8, 4) is 17.3 Å². The quantitative estimate of drug-likeness (QED) is 0.454. The lowest BCUT2D eigenvalue weighted by Crippen LogP contribution is -2.22. The van der Waals surface area contributed by atoms with Crippen LogP contribution in [0.1, 0.15) is 24.1 Å². The van der Waals surface area contributed by atoms with Gasteiger partial charge in [-0.1, -0.05) is 18.2 Å². The van der Waals surface area contributed by atoms with Crippen LogP contribution in [-0.2, 0) is 19.9 Å². The predicted octanol–water partition coefficient (Wildman–Crippen LogP) is 3.90. The van der Waals surface area contributed by atoms with Crippen molar-refractivity contribution in [3.63, 3.8) is 0 Å². The van der Waals surface area contributed by atoms with Gasteiger partial charge in [-0.3, -0.25) is 19.3 Å². The second-order valence-electron chi connectivity index (χ2n) is 8.09. The summed E-state index contributed by atoms with van der Waals surface area (Å²) in [5.41, 5.74) is 4.63. The molecule has 3 aromatic heterocycles. The minimum atomic E-state index is -0.541. The topological polar surface area (TPSA) is 81.9 Å². The van der Waals surface area contributed by atoms with E-state index < -0.39 is 5.82 Å². The van der Waals surface area contributed by atoms with E-state index in [2.05, 4.69) is 21.4 Å². The Morgan fingerprint density at radius 2 is 2.00 bits per heavy atom. The summed E-state index contributed by atoms with van der Waals surface area (Å²) in [6, 6.07) is 11.1. The molecule has 0 radical (unpaired) electrons. The Labute approximate surface area is 190 Å². The molecule has 1 aromatic carbocycles. The van der Waals surface area contributed by atoms with E-state index in [-0.39, 0.29) is 29.4 Å². The maximum Gasteiger partial charge on any atom is 0.299 e. The Balaban J connectivity index is 1.36. The first-order valence-electron chi connectivity index (χ1n) is 11.1. The molecule has 7 nitrogen and oxygen atoms in total. The zero-order valence-electron chi connectivity index (χ0n) is 18.3. The van der Waals surface area contributed by atoms with Crippen LogP contribution in [0.25, 0.3) is 22.2 Å². The lowest BCUT2D eigenvalue weighted by atomic mass is 9.92. The van der Waals surface area contributed by atoms with E-state index in [9.17, 15) is 9.18 Å². The Hall–Kier alpha value is -3.81. The van der Waals surface area contributed by atoms with Crippen LogP contribution in [0, 0.1) is 5.82 Å². The molecule has 0 unspecified atom stereocenters. The zero-order valence-corrected chi connectivity index (χ0v) is 18.3. The van der Waals surface area contributed by atoms with E-state index in [4.69, 9.17) is 9.72 Å². The SMILES string of the molecule is Cn1c(OCCNc2c3c(nc4ccccc24)CCCC3)nc(-c2ccncc2F)cc1=O. The molecule has 5 rings (SSSR count). The number of fused-ring (bicyclic) bond motifs is 2. The number of benzene rings is 1. The van der Waals surface area contributed by atoms with Crippen molar-refractivity contribution < 1.29 is 9.13 Å². The van der Waals surface area contributed by atoms with Gasteiger partial charge in [0, 0.05) is 48.2 Å². The van der Waals surface area contributed by atoms with Gasteiger partial charge >= 0.3 is 0 Å². The molecule has 33 heavy (non-hydrogen) atoms. The number of hydrogen-bond acceptors (Lipinski definition) is 6. The summed E-state index contributed by atoms with van der Waals surface area (Å²) in [5.74, 6) is -0.541. The van der Waals surface area contributed by atoms with Gasteiger partial charge in [0.1, 0.15) is 6.61 Å². The molecule has 1 aliphatic carbocycles. The van der Waals surface area contributed by atoms with Crippen LogP contribution in [0.5, 0.6) is 6.01 Å². The van der Waals surface area contributed by atoms with Gasteiger partial charge in [0.15, 0.2) is 5.82 Å². The molecular weight excluding hydrogens is 421 g/mol. The van der Waals surface area contributed by atoms with E-state index in [1.165, 1.54) is 34.2 Å². The van der Waals surface area contributed by atoms with E-state index in [1.54, 1.807) is 7.05 Å². The number of anilines is 1. The summed E-state index contributed by atoms with van der Waals surface area (Å²) in [6.45, 7) is 0.804. The van der Waals surface area contributed by atoms with Gasteiger partial charge in [-0.05, 0) is 43.4 Å². The van der Waals surface area contributed by atoms with Crippen LogP contribution in [0.2, 0.25) is 0 Å². The smallest absolute Gasteiger partial charge is 0.299 e. The van der Waals surface area contributed by atoms with Gasteiger partial charge in [-0.2, -0.15) is 4.98 Å². The monoisotopic (exact) mass is 445 g/mol. The normalized spacial score (nSPS) is 13.0. The Kier molecular flexibility index (Phi) is 5.73. The van der Waals surface area contributed by atoms with Crippen LogP contribution < -0.4 is 15.6 Å². The van der Waals surface area contributed by atoms with Crippen molar-refractivity contribution in [3.05, 3.63) is 76.2 Å². The highest BCUT2D eigenvalue weighted by Gasteiger charge is 2.18. The molecule has 0 spiro atoms. The van der Waals surface area contributed by atoms with Crippen molar-refractivity contribution in [2.24, 2.45) is 7.05 Å². The highest BCUT2D eigenvalue weighted by Crippen LogP contribution is 2.33. The van der Waals surface area contributed by atoms with Gasteiger partial charge in [-0.15, -0.1) is 0 Å². The fourth-order valence-electron chi connectivity index (χ4n) is 4.26. The number of aromatic nitrogens is 4. The molecule has 0 aliphatic heterocycles. The van der Waals surface area contributed by atoms with Crippen molar-refractivity contribution in [1.29, 1.82) is 0 Å². The van der Waals surface area contributed by atoms with Gasteiger partial charge in [0.05, 0.1) is 17.4 Å². The van der Waals surface area contributed by atoms with E-state index in [1.807, 2.05) is 18.2 Å². The van der Waals surface area contributed by atoms with E-state index in [0.717, 1.165) is 48.5 Å². The minimum Gasteiger partial charge on any atom is -0.463 e. The molecular formula is C25H24FN5O2. The molecule has 1 N–H and O–H groups in total. The highest BCUT2D eigenvalue weighted by molar-refractivity contribution is 5.93. The van der Waals surface area contributed by atoms with Crippen LogP contribution in [0.15, 0.2) is 53.6 Å². The third-order valence-electron chi connectivity index (χ3n) is 5.95. The lowest BCUT2D eigenvalue weighted by molar-refractivity contribution is 0.290. The number of pyridine rings is 2. The van der Waals surface area contributed by atoms with Gasteiger partial charge in [-0.25, -0.2) is 4.39 Å². The molecule has 4 aromatic rings. The number of nitrogens with one attached hydrogen (secondary N) is 1. The first-order valence-corrected chi connectivity index (χ1v) is 11.1. The van der Waals surface area contributed by atoms with Crippen LogP contribution in [-0.4, -0.2) is 32.7 Å². The summed E-state index contributed by atoms with van der Waals surface area (Å²) < 4.78 is 21.3. The van der Waals surface area contributed by atoms with Crippen LogP contribution in [0.3, 0.4) is 0 Å². The fraction of sp³-hybridized carbons (Fsp3) is 0.280. The highest BCUT2D eigenvalue weighted by atomic mass is 19.1. The molecule has 8 heteroatoms. The molecule has 0 fully saturated rings. The Morgan fingerprint density at radius 3 is 2.88 bits per heavy atom. The van der Waals surface area contributed by atoms with Gasteiger partial charge in [0.2, 0.25) is 0 Å². The standard InChI is InChI=1S/C25H24FN5O2/c1-31-23(32)14-22(16-10-11-27-15-19(16)26)30-25(31)33-13-12-28-24-17-6-2-4-8-20(17)29-21-9-5-3-7-18(21)24/h2,4,6,8,10-11,14-15H,3,5,7,9,12-13H2,1H3,(H,28,29). The van der Waals surface area contributed by atoms with Crippen LogP contribution >= 0.6 is 0 Å². The largest absolute Gasteiger partial charge is 0.463 e. The number of nitrogens with zero attached hydrogens (tertiary/aromatic N) is 4. The van der Waals surface area contributed by atoms with Crippen molar-refractivity contribution in [2.45, 2.75) is 25.7 Å². The van der Waals surface area contributed by atoms with Gasteiger partial charge < -0.3 is 10.1 Å². The summed E-state index contributed by atoms with van der Waals surface area (Å²) in [5, 5.41) is 4.62. The second kappa shape index (κ2) is 8.97. The predicted molar refractivity (Wildman–Crippen MR) is 125 cm³/mol. The molecule has 3 heterocycles. The minimum absolute atomic E-state index is 0.136. The first-order chi connectivity index (χ1) is 16.1. The maximum atomic E-state index is 14.1. The molecule has 0 saturated carbocycles. The van der Waals surface area contributed by atoms with E-state index >= 15 is 0 Å². The second-order valence-corrected chi connectivity index (χ2v) is 8.09. The fourth-order valence-corrected chi connectivity index (χ4v) is 4.26. The van der Waals surface area contributed by atoms with Crippen LogP contribution in [0.4, 0.5) is 10.1 Å². The number of aryl methyl sites for hydroxylation is 1. The molecule has 0 atom stereocenters. The average Bonchev–Trinajstić information content (AvgIpc) is 2.83. The third-order valence-corrected chi connectivity index (χ3v) is 5.95. The maximum absolute atomic E-state index is 14.1. The number of halogens is 1.